The Morgan fingerprint density at radius 1 is 1.14 bits per heavy atom. The largest absolute Gasteiger partial charge is 0.393 e. The van der Waals surface area contributed by atoms with Crippen LogP contribution in [0, 0.1) is 0 Å². The maximum atomic E-state index is 9.61. The number of guanidine groups is 1. The maximum absolute atomic E-state index is 9.61. The second-order valence-electron chi connectivity index (χ2n) is 7.00. The van der Waals surface area contributed by atoms with Crippen molar-refractivity contribution in [2.24, 2.45) is 4.99 Å². The van der Waals surface area contributed by atoms with E-state index < -0.39 is 0 Å². The van der Waals surface area contributed by atoms with Gasteiger partial charge in [-0.2, -0.15) is 0 Å². The molecule has 1 saturated heterocycles. The summed E-state index contributed by atoms with van der Waals surface area (Å²) < 4.78 is 5.36. The minimum Gasteiger partial charge on any atom is -0.393 e. The molecule has 28 heavy (non-hydrogen) atoms. The van der Waals surface area contributed by atoms with Crippen LogP contribution in [0.15, 0.2) is 29.3 Å². The molecule has 0 spiro atoms. The van der Waals surface area contributed by atoms with Gasteiger partial charge in [-0.05, 0) is 44.2 Å². The summed E-state index contributed by atoms with van der Waals surface area (Å²) in [4.78, 5) is 7.08. The summed E-state index contributed by atoms with van der Waals surface area (Å²) in [6.07, 6.45) is 2.63. The first kappa shape index (κ1) is 25.1. The molecule has 7 heteroatoms. The summed E-state index contributed by atoms with van der Waals surface area (Å²) >= 11 is 0. The predicted octanol–water partition coefficient (Wildman–Crippen LogP) is 2.74. The van der Waals surface area contributed by atoms with Crippen molar-refractivity contribution in [2.45, 2.75) is 52.3 Å². The summed E-state index contributed by atoms with van der Waals surface area (Å²) in [5.41, 5.74) is 2.53. The highest BCUT2D eigenvalue weighted by Gasteiger charge is 2.16. The van der Waals surface area contributed by atoms with Gasteiger partial charge in [-0.3, -0.25) is 4.90 Å². The van der Waals surface area contributed by atoms with Crippen LogP contribution in [0.3, 0.4) is 0 Å². The van der Waals surface area contributed by atoms with Crippen molar-refractivity contribution < 1.29 is 9.84 Å². The van der Waals surface area contributed by atoms with Crippen LogP contribution in [-0.4, -0.2) is 61.5 Å². The van der Waals surface area contributed by atoms with Gasteiger partial charge in [0.05, 0.1) is 12.6 Å². The molecule has 1 aliphatic rings. The van der Waals surface area contributed by atoms with Gasteiger partial charge in [0.1, 0.15) is 0 Å². The number of ether oxygens (including phenoxy) is 1. The van der Waals surface area contributed by atoms with Gasteiger partial charge in [0, 0.05) is 45.9 Å². The van der Waals surface area contributed by atoms with Gasteiger partial charge >= 0.3 is 0 Å². The Morgan fingerprint density at radius 2 is 1.82 bits per heavy atom. The van der Waals surface area contributed by atoms with Gasteiger partial charge in [-0.1, -0.05) is 24.3 Å². The third kappa shape index (κ3) is 10.0. The number of aliphatic imine (C=N–C) groups is 1. The summed E-state index contributed by atoms with van der Waals surface area (Å²) in [5.74, 6) is 0.852. The molecule has 2 rings (SSSR count). The Morgan fingerprint density at radius 3 is 2.46 bits per heavy atom. The summed E-state index contributed by atoms with van der Waals surface area (Å²) in [5, 5.41) is 16.2. The highest BCUT2D eigenvalue weighted by molar-refractivity contribution is 14.0. The van der Waals surface area contributed by atoms with E-state index in [1.807, 2.05) is 6.92 Å². The van der Waals surface area contributed by atoms with E-state index in [1.165, 1.54) is 11.1 Å². The fraction of sp³-hybridized carbons (Fsp3) is 0.667. The van der Waals surface area contributed by atoms with Gasteiger partial charge in [-0.15, -0.1) is 24.0 Å². The Hall–Kier alpha value is -0.900. The SMILES string of the molecule is CCNC(=NCc1ccc(CN2CCC(O)CC2)cc1)NCCCOCC.I. The van der Waals surface area contributed by atoms with Crippen molar-refractivity contribution in [3.63, 3.8) is 0 Å². The normalized spacial score (nSPS) is 15.9. The number of hydrogen-bond donors (Lipinski definition) is 3. The van der Waals surface area contributed by atoms with Gasteiger partial charge in [0.2, 0.25) is 0 Å². The van der Waals surface area contributed by atoms with Crippen LogP contribution in [0.2, 0.25) is 0 Å². The lowest BCUT2D eigenvalue weighted by molar-refractivity contribution is 0.0792. The molecule has 0 aliphatic carbocycles. The zero-order valence-electron chi connectivity index (χ0n) is 17.3. The highest BCUT2D eigenvalue weighted by Crippen LogP contribution is 2.14. The van der Waals surface area contributed by atoms with E-state index in [4.69, 9.17) is 4.74 Å². The minimum absolute atomic E-state index is 0. The van der Waals surface area contributed by atoms with Crippen molar-refractivity contribution in [1.82, 2.24) is 15.5 Å². The van der Waals surface area contributed by atoms with Crippen LogP contribution in [0.4, 0.5) is 0 Å². The van der Waals surface area contributed by atoms with Crippen molar-refractivity contribution >= 4 is 29.9 Å². The quantitative estimate of drug-likeness (QED) is 0.198. The molecule has 1 fully saturated rings. The lowest BCUT2D eigenvalue weighted by atomic mass is 10.1. The second kappa shape index (κ2) is 15.0. The molecule has 1 aromatic rings. The van der Waals surface area contributed by atoms with Crippen molar-refractivity contribution in [1.29, 1.82) is 0 Å². The number of halogens is 1. The second-order valence-corrected chi connectivity index (χ2v) is 7.00. The molecule has 0 aromatic heterocycles. The first-order valence-corrected chi connectivity index (χ1v) is 10.3. The van der Waals surface area contributed by atoms with Crippen LogP contribution in [0.5, 0.6) is 0 Å². The van der Waals surface area contributed by atoms with Crippen LogP contribution in [-0.2, 0) is 17.8 Å². The number of nitrogens with zero attached hydrogens (tertiary/aromatic N) is 2. The Labute approximate surface area is 187 Å². The van der Waals surface area contributed by atoms with Crippen LogP contribution in [0.1, 0.15) is 44.2 Å². The molecule has 1 aromatic carbocycles. The molecule has 160 valence electrons. The highest BCUT2D eigenvalue weighted by atomic mass is 127. The molecular weight excluding hydrogens is 467 g/mol. The first-order valence-electron chi connectivity index (χ1n) is 10.3. The fourth-order valence-corrected chi connectivity index (χ4v) is 3.12. The summed E-state index contributed by atoms with van der Waals surface area (Å²) in [6, 6.07) is 8.71. The Balaban J connectivity index is 0.00000392. The number of likely N-dealkylation sites (tertiary alicyclic amines) is 1. The maximum Gasteiger partial charge on any atom is 0.191 e. The number of piperidine rings is 1. The molecular formula is C21H37IN4O2. The number of hydrogen-bond acceptors (Lipinski definition) is 4. The summed E-state index contributed by atoms with van der Waals surface area (Å²) in [6.45, 7) is 10.9. The fourth-order valence-electron chi connectivity index (χ4n) is 3.12. The number of aliphatic hydroxyl groups excluding tert-OH is 1. The number of rotatable bonds is 10. The average molecular weight is 504 g/mol. The number of benzene rings is 1. The molecule has 0 saturated carbocycles. The van der Waals surface area contributed by atoms with Crippen molar-refractivity contribution in [2.75, 3.05) is 39.4 Å². The van der Waals surface area contributed by atoms with Gasteiger partial charge < -0.3 is 20.5 Å². The van der Waals surface area contributed by atoms with Crippen LogP contribution >= 0.6 is 24.0 Å². The van der Waals surface area contributed by atoms with E-state index in [0.717, 1.165) is 71.2 Å². The number of aliphatic hydroxyl groups is 1. The van der Waals surface area contributed by atoms with E-state index in [2.05, 4.69) is 51.7 Å². The van der Waals surface area contributed by atoms with Gasteiger partial charge in [-0.25, -0.2) is 4.99 Å². The van der Waals surface area contributed by atoms with Crippen LogP contribution in [0.25, 0.3) is 0 Å². The van der Waals surface area contributed by atoms with E-state index >= 15 is 0 Å². The lowest BCUT2D eigenvalue weighted by Gasteiger charge is -2.29. The van der Waals surface area contributed by atoms with Gasteiger partial charge in [0.25, 0.3) is 0 Å². The van der Waals surface area contributed by atoms with E-state index in [0.29, 0.717) is 6.54 Å². The zero-order chi connectivity index (χ0) is 19.3. The van der Waals surface area contributed by atoms with Crippen LogP contribution < -0.4 is 10.6 Å². The minimum atomic E-state index is -0.111. The monoisotopic (exact) mass is 504 g/mol. The Bertz CT molecular complexity index is 546. The average Bonchev–Trinajstić information content (AvgIpc) is 2.69. The molecule has 3 N–H and O–H groups in total. The van der Waals surface area contributed by atoms with Crippen molar-refractivity contribution in [3.8, 4) is 0 Å². The molecule has 0 unspecified atom stereocenters. The Kier molecular flexibility index (Phi) is 13.5. The van der Waals surface area contributed by atoms with Gasteiger partial charge in [0.15, 0.2) is 5.96 Å². The summed E-state index contributed by atoms with van der Waals surface area (Å²) in [7, 11) is 0. The smallest absolute Gasteiger partial charge is 0.191 e. The lowest BCUT2D eigenvalue weighted by Crippen LogP contribution is -2.38. The van der Waals surface area contributed by atoms with Crippen molar-refractivity contribution in [3.05, 3.63) is 35.4 Å². The zero-order valence-corrected chi connectivity index (χ0v) is 19.7. The molecule has 0 atom stereocenters. The topological polar surface area (TPSA) is 69.1 Å². The third-order valence-electron chi connectivity index (χ3n) is 4.71. The standard InChI is InChI=1S/C21H36N4O2.HI/c1-3-22-21(23-12-5-15-27-4-2)24-16-18-6-8-19(9-7-18)17-25-13-10-20(26)11-14-25;/h6-9,20,26H,3-5,10-17H2,1-2H3,(H2,22,23,24);1H. The first-order chi connectivity index (χ1) is 13.2. The van der Waals surface area contributed by atoms with E-state index in [-0.39, 0.29) is 30.1 Å². The molecule has 1 heterocycles. The van der Waals surface area contributed by atoms with E-state index in [9.17, 15) is 5.11 Å². The molecule has 1 aliphatic heterocycles. The molecule has 0 radical (unpaired) electrons. The molecule has 0 bridgehead atoms. The number of nitrogens with one attached hydrogen (secondary N) is 2. The third-order valence-corrected chi connectivity index (χ3v) is 4.71. The predicted molar refractivity (Wildman–Crippen MR) is 126 cm³/mol. The molecule has 0 amide bonds. The molecule has 6 nitrogen and oxygen atoms in total. The van der Waals surface area contributed by atoms with E-state index in [1.54, 1.807) is 0 Å².